The second-order valence-electron chi connectivity index (χ2n) is 10.1. The smallest absolute Gasteiger partial charge is 0.238 e. The summed E-state index contributed by atoms with van der Waals surface area (Å²) in [6.45, 7) is 8.98. The first-order valence-electron chi connectivity index (χ1n) is 12.0. The van der Waals surface area contributed by atoms with E-state index < -0.39 is 0 Å². The van der Waals surface area contributed by atoms with E-state index in [1.54, 1.807) is 7.11 Å². The third-order valence-electron chi connectivity index (χ3n) is 7.09. The summed E-state index contributed by atoms with van der Waals surface area (Å²) in [5, 5.41) is 4.84. The molecule has 1 aromatic carbocycles. The number of nitrogens with zero attached hydrogens (tertiary/aromatic N) is 6. The van der Waals surface area contributed by atoms with Gasteiger partial charge in [-0.2, -0.15) is 0 Å². The first-order valence-corrected chi connectivity index (χ1v) is 12.0. The largest absolute Gasteiger partial charge is 0.492 e. The molecular formula is C26H30N6O2. The fourth-order valence-corrected chi connectivity index (χ4v) is 5.19. The number of ether oxygens (including phenoxy) is 2. The molecule has 0 fully saturated rings. The highest BCUT2D eigenvalue weighted by Crippen LogP contribution is 2.42. The fourth-order valence-electron chi connectivity index (χ4n) is 5.19. The molecule has 3 aliphatic heterocycles. The average Bonchev–Trinajstić information content (AvgIpc) is 3.55. The number of pyridine rings is 1. The van der Waals surface area contributed by atoms with E-state index >= 15 is 0 Å². The summed E-state index contributed by atoms with van der Waals surface area (Å²) in [4.78, 5) is 16.3. The Morgan fingerprint density at radius 2 is 2.03 bits per heavy atom. The zero-order chi connectivity index (χ0) is 23.4. The predicted octanol–water partition coefficient (Wildman–Crippen LogP) is 4.18. The number of rotatable bonds is 4. The second kappa shape index (κ2) is 7.82. The highest BCUT2D eigenvalue weighted by atomic mass is 16.5. The minimum absolute atomic E-state index is 0.0267. The summed E-state index contributed by atoms with van der Waals surface area (Å²) >= 11 is 0. The van der Waals surface area contributed by atoms with Crippen LogP contribution in [-0.2, 0) is 12.0 Å². The molecule has 5 heterocycles. The number of anilines is 1. The van der Waals surface area contributed by atoms with Crippen LogP contribution in [0.3, 0.4) is 0 Å². The van der Waals surface area contributed by atoms with Gasteiger partial charge < -0.3 is 14.4 Å². The average molecular weight is 459 g/mol. The Labute approximate surface area is 199 Å². The third-order valence-corrected chi connectivity index (χ3v) is 7.09. The number of hydrogen-bond acceptors (Lipinski definition) is 7. The first-order chi connectivity index (χ1) is 16.4. The van der Waals surface area contributed by atoms with Gasteiger partial charge in [-0.25, -0.2) is 14.6 Å². The number of aliphatic imine (C=N–C) groups is 1. The lowest BCUT2D eigenvalue weighted by Crippen LogP contribution is -2.22. The highest BCUT2D eigenvalue weighted by Gasteiger charge is 2.34. The van der Waals surface area contributed by atoms with E-state index in [-0.39, 0.29) is 17.4 Å². The Bertz CT molecular complexity index is 1280. The Hall–Kier alpha value is -3.42. The number of hydrogen-bond donors (Lipinski definition) is 0. The van der Waals surface area contributed by atoms with Gasteiger partial charge in [-0.05, 0) is 43.5 Å². The molecule has 176 valence electrons. The highest BCUT2D eigenvalue weighted by molar-refractivity contribution is 5.84. The van der Waals surface area contributed by atoms with Crippen molar-refractivity contribution in [3.8, 4) is 23.1 Å². The third kappa shape index (κ3) is 3.43. The first kappa shape index (κ1) is 21.1. The second-order valence-corrected chi connectivity index (χ2v) is 10.1. The van der Waals surface area contributed by atoms with Crippen LogP contribution in [0.1, 0.15) is 56.5 Å². The molecule has 0 aliphatic carbocycles. The van der Waals surface area contributed by atoms with E-state index in [1.165, 1.54) is 11.1 Å². The molecule has 0 radical (unpaired) electrons. The zero-order valence-electron chi connectivity index (χ0n) is 20.2. The molecule has 0 amide bonds. The monoisotopic (exact) mass is 458 g/mol. The van der Waals surface area contributed by atoms with Gasteiger partial charge in [0.15, 0.2) is 5.82 Å². The summed E-state index contributed by atoms with van der Waals surface area (Å²) in [5.74, 6) is 3.41. The van der Waals surface area contributed by atoms with Crippen LogP contribution in [0, 0.1) is 0 Å². The molecule has 8 heteroatoms. The van der Waals surface area contributed by atoms with Crippen molar-refractivity contribution in [2.24, 2.45) is 4.99 Å². The predicted molar refractivity (Wildman–Crippen MR) is 131 cm³/mol. The molecular weight excluding hydrogens is 428 g/mol. The van der Waals surface area contributed by atoms with Crippen LogP contribution in [0.5, 0.6) is 11.6 Å². The maximum atomic E-state index is 5.90. The van der Waals surface area contributed by atoms with E-state index in [0.717, 1.165) is 49.8 Å². The number of benzene rings is 1. The number of aryl methyl sites for hydroxylation is 1. The molecule has 34 heavy (non-hydrogen) atoms. The molecule has 3 aromatic rings. The van der Waals surface area contributed by atoms with Crippen LogP contribution in [0.4, 0.5) is 5.69 Å². The zero-order valence-corrected chi connectivity index (χ0v) is 20.2. The molecule has 0 spiro atoms. The number of aromatic nitrogens is 4. The summed E-state index contributed by atoms with van der Waals surface area (Å²) in [6, 6.07) is 10.9. The molecule has 3 aliphatic rings. The molecule has 2 unspecified atom stereocenters. The lowest BCUT2D eigenvalue weighted by atomic mass is 9.83. The van der Waals surface area contributed by atoms with E-state index in [0.29, 0.717) is 17.4 Å². The Morgan fingerprint density at radius 1 is 1.15 bits per heavy atom. The van der Waals surface area contributed by atoms with Crippen molar-refractivity contribution in [3.05, 3.63) is 47.3 Å². The minimum atomic E-state index is 0.0267. The molecule has 8 nitrogen and oxygen atoms in total. The lowest BCUT2D eigenvalue weighted by Gasteiger charge is -2.24. The van der Waals surface area contributed by atoms with Gasteiger partial charge in [-0.3, -0.25) is 4.99 Å². The van der Waals surface area contributed by atoms with Gasteiger partial charge in [0.2, 0.25) is 5.88 Å². The Kier molecular flexibility index (Phi) is 4.86. The molecule has 0 N–H and O–H groups in total. The summed E-state index contributed by atoms with van der Waals surface area (Å²) in [5.41, 5.74) is 4.21. The SMILES string of the molecule is COc1nc(-c2nc3n(n2)CCCC3c2ccc3c(c2)C(C)(C)CO3)ccc1N1C=NC(C)C1. The quantitative estimate of drug-likeness (QED) is 0.584. The summed E-state index contributed by atoms with van der Waals surface area (Å²) in [7, 11) is 1.65. The van der Waals surface area contributed by atoms with Gasteiger partial charge in [0, 0.05) is 30.0 Å². The van der Waals surface area contributed by atoms with Crippen molar-refractivity contribution in [3.63, 3.8) is 0 Å². The lowest BCUT2D eigenvalue weighted by molar-refractivity contribution is 0.291. The van der Waals surface area contributed by atoms with Crippen molar-refractivity contribution in [1.29, 1.82) is 0 Å². The summed E-state index contributed by atoms with van der Waals surface area (Å²) < 4.78 is 13.6. The van der Waals surface area contributed by atoms with Gasteiger partial charge in [0.1, 0.15) is 23.0 Å². The van der Waals surface area contributed by atoms with Crippen LogP contribution in [0.25, 0.3) is 11.5 Å². The van der Waals surface area contributed by atoms with Gasteiger partial charge >= 0.3 is 0 Å². The maximum Gasteiger partial charge on any atom is 0.238 e. The molecule has 6 rings (SSSR count). The van der Waals surface area contributed by atoms with Crippen molar-refractivity contribution < 1.29 is 9.47 Å². The van der Waals surface area contributed by atoms with Crippen LogP contribution in [0.2, 0.25) is 0 Å². The van der Waals surface area contributed by atoms with Crippen molar-refractivity contribution in [2.75, 3.05) is 25.2 Å². The van der Waals surface area contributed by atoms with E-state index in [9.17, 15) is 0 Å². The van der Waals surface area contributed by atoms with Crippen LogP contribution in [0.15, 0.2) is 35.3 Å². The maximum absolute atomic E-state index is 5.90. The van der Waals surface area contributed by atoms with Crippen LogP contribution < -0.4 is 14.4 Å². The minimum Gasteiger partial charge on any atom is -0.492 e. The van der Waals surface area contributed by atoms with Gasteiger partial charge in [0.05, 0.1) is 26.1 Å². The van der Waals surface area contributed by atoms with E-state index in [4.69, 9.17) is 24.5 Å². The van der Waals surface area contributed by atoms with Gasteiger partial charge in [-0.1, -0.05) is 26.0 Å². The number of methoxy groups -OCH3 is 1. The fraction of sp³-hybridized carbons (Fsp3) is 0.462. The summed E-state index contributed by atoms with van der Waals surface area (Å²) in [6.07, 6.45) is 3.98. The van der Waals surface area contributed by atoms with Crippen molar-refractivity contribution in [2.45, 2.75) is 57.5 Å². The Morgan fingerprint density at radius 3 is 2.82 bits per heavy atom. The van der Waals surface area contributed by atoms with E-state index in [2.05, 4.69) is 53.5 Å². The Balaban J connectivity index is 1.34. The standard InChI is InChI=1S/C26H30N6O2/c1-16-13-31(15-27-16)21-9-8-20(28-25(21)33-4)23-29-24-18(6-5-11-32(24)30-23)17-7-10-22-19(12-17)26(2,3)14-34-22/h7-10,12,15-16,18H,5-6,11,13-14H2,1-4H3. The molecule has 2 aromatic heterocycles. The van der Waals surface area contributed by atoms with Crippen LogP contribution >= 0.6 is 0 Å². The van der Waals surface area contributed by atoms with Gasteiger partial charge in [0.25, 0.3) is 0 Å². The van der Waals surface area contributed by atoms with Crippen molar-refractivity contribution in [1.82, 2.24) is 19.7 Å². The van der Waals surface area contributed by atoms with E-state index in [1.807, 2.05) is 18.5 Å². The molecule has 2 atom stereocenters. The normalized spacial score (nSPS) is 22.4. The van der Waals surface area contributed by atoms with Gasteiger partial charge in [-0.15, -0.1) is 5.10 Å². The molecule has 0 saturated heterocycles. The molecule has 0 bridgehead atoms. The number of fused-ring (bicyclic) bond motifs is 2. The molecule has 0 saturated carbocycles. The topological polar surface area (TPSA) is 77.7 Å². The van der Waals surface area contributed by atoms with Crippen LogP contribution in [-0.4, -0.2) is 52.4 Å². The van der Waals surface area contributed by atoms with Crippen molar-refractivity contribution >= 4 is 12.0 Å².